The zero-order chi connectivity index (χ0) is 14.0. The van der Waals surface area contributed by atoms with Crippen molar-refractivity contribution in [1.82, 2.24) is 9.88 Å². The molecule has 7 heteroatoms. The number of piperidine rings is 1. The van der Waals surface area contributed by atoms with Crippen LogP contribution in [0.4, 0.5) is 0 Å². The van der Waals surface area contributed by atoms with Crippen LogP contribution in [0.25, 0.3) is 0 Å². The smallest absolute Gasteiger partial charge is 0.336 e. The second-order valence-electron chi connectivity index (χ2n) is 4.53. The number of carboxylic acid groups (broad SMARTS) is 1. The first-order chi connectivity index (χ1) is 8.98. The molecule has 1 aromatic heterocycles. The number of ether oxygens (including phenoxy) is 1. The summed E-state index contributed by atoms with van der Waals surface area (Å²) in [5, 5.41) is 9.65. The van der Waals surface area contributed by atoms with Crippen LogP contribution in [0.1, 0.15) is 23.3 Å². The molecule has 1 saturated heterocycles. The molecule has 0 saturated carbocycles. The number of H-pyrrole nitrogens is 1. The maximum atomic E-state index is 12.1. The van der Waals surface area contributed by atoms with Gasteiger partial charge < -0.3 is 19.7 Å². The van der Waals surface area contributed by atoms with Crippen LogP contribution in [-0.2, 0) is 9.53 Å². The number of carbonyl (C=O) groups is 2. The van der Waals surface area contributed by atoms with Crippen LogP contribution < -0.4 is 0 Å². The second kappa shape index (κ2) is 5.22. The molecule has 1 aromatic rings. The molecular formula is C12H15ClN2O4. The van der Waals surface area contributed by atoms with Crippen LogP contribution in [0, 0.1) is 0 Å². The minimum absolute atomic E-state index is 0.179. The average molecular weight is 287 g/mol. The number of amides is 1. The molecule has 0 atom stereocenters. The van der Waals surface area contributed by atoms with E-state index >= 15 is 0 Å². The number of rotatable bonds is 3. The Morgan fingerprint density at radius 1 is 1.47 bits per heavy atom. The molecule has 6 nitrogen and oxygen atoms in total. The molecule has 1 aliphatic heterocycles. The van der Waals surface area contributed by atoms with E-state index < -0.39 is 11.6 Å². The van der Waals surface area contributed by atoms with Gasteiger partial charge in [0.15, 0.2) is 5.60 Å². The Labute approximate surface area is 115 Å². The molecular weight excluding hydrogens is 272 g/mol. The number of hydrogen-bond acceptors (Lipinski definition) is 3. The number of methoxy groups -OCH3 is 1. The summed E-state index contributed by atoms with van der Waals surface area (Å²) in [6, 6.07) is 1.55. The highest BCUT2D eigenvalue weighted by atomic mass is 35.5. The zero-order valence-electron chi connectivity index (χ0n) is 10.5. The molecule has 0 aliphatic carbocycles. The molecule has 1 amide bonds. The molecule has 104 valence electrons. The third-order valence-electron chi connectivity index (χ3n) is 3.52. The van der Waals surface area contributed by atoms with Crippen LogP contribution in [0.3, 0.4) is 0 Å². The lowest BCUT2D eigenvalue weighted by Crippen LogP contribution is -2.52. The fraction of sp³-hybridized carbons (Fsp3) is 0.500. The van der Waals surface area contributed by atoms with E-state index in [1.54, 1.807) is 11.0 Å². The molecule has 2 N–H and O–H groups in total. The number of hydrogen-bond donors (Lipinski definition) is 2. The van der Waals surface area contributed by atoms with Gasteiger partial charge in [0.2, 0.25) is 0 Å². The first-order valence-electron chi connectivity index (χ1n) is 5.90. The van der Waals surface area contributed by atoms with Gasteiger partial charge in [0.05, 0.1) is 5.02 Å². The summed E-state index contributed by atoms with van der Waals surface area (Å²) >= 11 is 5.75. The highest BCUT2D eigenvalue weighted by Gasteiger charge is 2.42. The minimum Gasteiger partial charge on any atom is -0.479 e. The van der Waals surface area contributed by atoms with Gasteiger partial charge in [-0.3, -0.25) is 4.79 Å². The summed E-state index contributed by atoms with van der Waals surface area (Å²) in [5.74, 6) is -1.16. The van der Waals surface area contributed by atoms with Crippen molar-refractivity contribution in [1.29, 1.82) is 0 Å². The zero-order valence-corrected chi connectivity index (χ0v) is 11.2. The molecule has 1 fully saturated rings. The lowest BCUT2D eigenvalue weighted by Gasteiger charge is -2.37. The number of nitrogens with zero attached hydrogens (tertiary/aromatic N) is 1. The van der Waals surface area contributed by atoms with Crippen molar-refractivity contribution in [2.75, 3.05) is 20.2 Å². The summed E-state index contributed by atoms with van der Waals surface area (Å²) in [5.41, 5.74) is -0.769. The van der Waals surface area contributed by atoms with E-state index in [0.717, 1.165) is 0 Å². The van der Waals surface area contributed by atoms with Gasteiger partial charge in [0, 0.05) is 39.2 Å². The minimum atomic E-state index is -1.18. The van der Waals surface area contributed by atoms with Crippen molar-refractivity contribution < 1.29 is 19.4 Å². The highest BCUT2D eigenvalue weighted by molar-refractivity contribution is 6.30. The van der Waals surface area contributed by atoms with Crippen LogP contribution in [0.15, 0.2) is 12.3 Å². The Bertz CT molecular complexity index is 492. The number of nitrogens with one attached hydrogen (secondary N) is 1. The maximum Gasteiger partial charge on any atom is 0.336 e. The summed E-state index contributed by atoms with van der Waals surface area (Å²) in [4.78, 5) is 27.7. The van der Waals surface area contributed by atoms with Gasteiger partial charge in [-0.2, -0.15) is 0 Å². The highest BCUT2D eigenvalue weighted by Crippen LogP contribution is 2.27. The number of halogens is 1. The summed E-state index contributed by atoms with van der Waals surface area (Å²) < 4.78 is 5.11. The molecule has 0 bridgehead atoms. The molecule has 0 aromatic carbocycles. The fourth-order valence-electron chi connectivity index (χ4n) is 2.24. The average Bonchev–Trinajstić information content (AvgIpc) is 2.84. The van der Waals surface area contributed by atoms with Crippen molar-refractivity contribution >= 4 is 23.5 Å². The van der Waals surface area contributed by atoms with Crippen molar-refractivity contribution in [2.24, 2.45) is 0 Å². The molecule has 1 aliphatic rings. The van der Waals surface area contributed by atoms with Gasteiger partial charge in [-0.05, 0) is 6.07 Å². The summed E-state index contributed by atoms with van der Waals surface area (Å²) in [6.45, 7) is 0.686. The largest absolute Gasteiger partial charge is 0.479 e. The van der Waals surface area contributed by atoms with Gasteiger partial charge in [-0.25, -0.2) is 4.79 Å². The first-order valence-corrected chi connectivity index (χ1v) is 6.28. The third-order valence-corrected chi connectivity index (χ3v) is 3.74. The Morgan fingerprint density at radius 3 is 2.53 bits per heavy atom. The van der Waals surface area contributed by atoms with Crippen LogP contribution in [0.2, 0.25) is 5.02 Å². The van der Waals surface area contributed by atoms with Crippen molar-refractivity contribution in [3.8, 4) is 0 Å². The van der Waals surface area contributed by atoms with Gasteiger partial charge in [0.25, 0.3) is 5.91 Å². The van der Waals surface area contributed by atoms with E-state index in [2.05, 4.69) is 4.98 Å². The monoisotopic (exact) mass is 286 g/mol. The molecule has 19 heavy (non-hydrogen) atoms. The van der Waals surface area contributed by atoms with E-state index in [1.165, 1.54) is 13.3 Å². The summed E-state index contributed by atoms with van der Waals surface area (Å²) in [7, 11) is 1.39. The third kappa shape index (κ3) is 2.59. The van der Waals surface area contributed by atoms with Crippen LogP contribution >= 0.6 is 11.6 Å². The van der Waals surface area contributed by atoms with Gasteiger partial charge in [-0.1, -0.05) is 11.6 Å². The SMILES string of the molecule is COC1(C(=O)O)CCN(C(=O)c2cc(Cl)c[nH]2)CC1. The predicted octanol–water partition coefficient (Wildman–Crippen LogP) is 1.37. The van der Waals surface area contributed by atoms with Gasteiger partial charge in [-0.15, -0.1) is 0 Å². The van der Waals surface area contributed by atoms with Crippen molar-refractivity contribution in [2.45, 2.75) is 18.4 Å². The number of aliphatic carboxylic acids is 1. The number of likely N-dealkylation sites (tertiary alicyclic amines) is 1. The van der Waals surface area contributed by atoms with Crippen molar-refractivity contribution in [3.05, 3.63) is 23.0 Å². The van der Waals surface area contributed by atoms with E-state index in [0.29, 0.717) is 23.8 Å². The summed E-state index contributed by atoms with van der Waals surface area (Å²) in [6.07, 6.45) is 2.09. The topological polar surface area (TPSA) is 82.6 Å². The lowest BCUT2D eigenvalue weighted by molar-refractivity contribution is -0.167. The van der Waals surface area contributed by atoms with Gasteiger partial charge >= 0.3 is 5.97 Å². The van der Waals surface area contributed by atoms with E-state index in [1.807, 2.05) is 0 Å². The normalized spacial score (nSPS) is 18.3. The standard InChI is InChI=1S/C12H15ClN2O4/c1-19-12(11(17)18)2-4-15(5-3-12)10(16)9-6-8(13)7-14-9/h6-7,14H,2-5H2,1H3,(H,17,18). The molecule has 0 unspecified atom stereocenters. The Kier molecular flexibility index (Phi) is 3.82. The van der Waals surface area contributed by atoms with Crippen molar-refractivity contribution in [3.63, 3.8) is 0 Å². The second-order valence-corrected chi connectivity index (χ2v) is 4.96. The molecule has 2 heterocycles. The van der Waals surface area contributed by atoms with E-state index in [-0.39, 0.29) is 18.7 Å². The number of aromatic amines is 1. The maximum absolute atomic E-state index is 12.1. The predicted molar refractivity (Wildman–Crippen MR) is 68.3 cm³/mol. The van der Waals surface area contributed by atoms with E-state index in [9.17, 15) is 14.7 Å². The molecule has 0 radical (unpaired) electrons. The quantitative estimate of drug-likeness (QED) is 0.879. The Balaban J connectivity index is 2.04. The molecule has 2 rings (SSSR count). The van der Waals surface area contributed by atoms with Crippen LogP contribution in [0.5, 0.6) is 0 Å². The molecule has 0 spiro atoms. The number of aromatic nitrogens is 1. The van der Waals surface area contributed by atoms with E-state index in [4.69, 9.17) is 16.3 Å². The first kappa shape index (κ1) is 13.9. The fourth-order valence-corrected chi connectivity index (χ4v) is 2.40. The lowest BCUT2D eigenvalue weighted by atomic mass is 9.91. The number of carboxylic acids is 1. The van der Waals surface area contributed by atoms with Crippen LogP contribution in [-0.4, -0.2) is 52.7 Å². The Morgan fingerprint density at radius 2 is 2.11 bits per heavy atom. The number of carbonyl (C=O) groups excluding carboxylic acids is 1. The Hall–Kier alpha value is -1.53. The van der Waals surface area contributed by atoms with Gasteiger partial charge in [0.1, 0.15) is 5.69 Å².